The minimum atomic E-state index is 0.328. The number of piperazine rings is 1. The van der Waals surface area contributed by atoms with Crippen molar-refractivity contribution in [1.82, 2.24) is 14.8 Å². The first-order valence-electron chi connectivity index (χ1n) is 8.77. The number of ether oxygens (including phenoxy) is 1. The highest BCUT2D eigenvalue weighted by Gasteiger charge is 2.17. The molecule has 5 heteroatoms. The minimum absolute atomic E-state index is 0.328. The Morgan fingerprint density at radius 3 is 2.50 bits per heavy atom. The Bertz CT molecular complexity index is 606. The van der Waals surface area contributed by atoms with Crippen LogP contribution in [0.3, 0.4) is 0 Å². The van der Waals surface area contributed by atoms with Crippen molar-refractivity contribution in [1.29, 1.82) is 0 Å². The highest BCUT2D eigenvalue weighted by molar-refractivity contribution is 7.13. The quantitative estimate of drug-likeness (QED) is 0.769. The van der Waals surface area contributed by atoms with Gasteiger partial charge in [0.1, 0.15) is 5.01 Å². The molecule has 0 aliphatic carbocycles. The molecule has 0 radical (unpaired) electrons. The lowest BCUT2D eigenvalue weighted by atomic mass is 10.2. The summed E-state index contributed by atoms with van der Waals surface area (Å²) >= 11 is 1.74. The van der Waals surface area contributed by atoms with E-state index in [1.807, 2.05) is 6.07 Å². The average Bonchev–Trinajstić information content (AvgIpc) is 3.05. The van der Waals surface area contributed by atoms with Crippen molar-refractivity contribution in [2.45, 2.75) is 26.5 Å². The molecule has 2 aromatic rings. The number of hydrogen-bond acceptors (Lipinski definition) is 5. The van der Waals surface area contributed by atoms with Crippen molar-refractivity contribution in [2.24, 2.45) is 0 Å². The molecular formula is C19H27N3OS. The van der Waals surface area contributed by atoms with Crippen LogP contribution in [0, 0.1) is 0 Å². The Labute approximate surface area is 149 Å². The standard InChI is InChI=1S/C19H27N3OS/c1-16(2)23-13-12-21-8-10-22(11-9-21)14-18-15-24-19(20-18)17-6-4-3-5-7-17/h3-7,15-16H,8-14H2,1-2H3. The molecule has 0 bridgehead atoms. The lowest BCUT2D eigenvalue weighted by Crippen LogP contribution is -2.46. The zero-order valence-electron chi connectivity index (χ0n) is 14.6. The van der Waals surface area contributed by atoms with Crippen LogP contribution < -0.4 is 0 Å². The van der Waals surface area contributed by atoms with E-state index in [2.05, 4.69) is 53.3 Å². The van der Waals surface area contributed by atoms with E-state index in [0.717, 1.165) is 50.9 Å². The number of rotatable bonds is 7. The lowest BCUT2D eigenvalue weighted by molar-refractivity contribution is 0.0436. The number of thiazole rings is 1. The third-order valence-corrected chi connectivity index (χ3v) is 5.22. The Morgan fingerprint density at radius 2 is 1.79 bits per heavy atom. The van der Waals surface area contributed by atoms with Crippen LogP contribution in [-0.4, -0.2) is 60.2 Å². The molecule has 4 nitrogen and oxygen atoms in total. The van der Waals surface area contributed by atoms with E-state index in [1.54, 1.807) is 11.3 Å². The van der Waals surface area contributed by atoms with Crippen molar-refractivity contribution in [3.8, 4) is 10.6 Å². The molecule has 0 N–H and O–H groups in total. The predicted octanol–water partition coefficient (Wildman–Crippen LogP) is 3.35. The monoisotopic (exact) mass is 345 g/mol. The second kappa shape index (κ2) is 8.72. The maximum Gasteiger partial charge on any atom is 0.123 e. The molecule has 1 aliphatic rings. The summed E-state index contributed by atoms with van der Waals surface area (Å²) in [4.78, 5) is 9.80. The predicted molar refractivity (Wildman–Crippen MR) is 100 cm³/mol. The number of aromatic nitrogens is 1. The smallest absolute Gasteiger partial charge is 0.123 e. The Kier molecular flexibility index (Phi) is 6.37. The third-order valence-electron chi connectivity index (χ3n) is 4.28. The van der Waals surface area contributed by atoms with Gasteiger partial charge in [0, 0.05) is 50.2 Å². The minimum Gasteiger partial charge on any atom is -0.377 e. The average molecular weight is 346 g/mol. The molecule has 1 fully saturated rings. The number of hydrogen-bond donors (Lipinski definition) is 0. The first kappa shape index (κ1) is 17.5. The van der Waals surface area contributed by atoms with E-state index in [-0.39, 0.29) is 0 Å². The SMILES string of the molecule is CC(C)OCCN1CCN(Cc2csc(-c3ccccc3)n2)CC1. The van der Waals surface area contributed by atoms with Gasteiger partial charge >= 0.3 is 0 Å². The molecule has 0 atom stereocenters. The number of benzene rings is 1. The molecule has 0 saturated carbocycles. The van der Waals surface area contributed by atoms with Crippen molar-refractivity contribution in [3.05, 3.63) is 41.4 Å². The molecular weight excluding hydrogens is 318 g/mol. The molecule has 0 amide bonds. The normalized spacial score (nSPS) is 16.8. The van der Waals surface area contributed by atoms with Crippen molar-refractivity contribution < 1.29 is 4.74 Å². The van der Waals surface area contributed by atoms with Gasteiger partial charge in [0.05, 0.1) is 18.4 Å². The second-order valence-corrected chi connectivity index (χ2v) is 7.41. The molecule has 2 heterocycles. The molecule has 24 heavy (non-hydrogen) atoms. The zero-order chi connectivity index (χ0) is 16.8. The highest BCUT2D eigenvalue weighted by atomic mass is 32.1. The van der Waals surface area contributed by atoms with Gasteiger partial charge in [0.2, 0.25) is 0 Å². The van der Waals surface area contributed by atoms with Gasteiger partial charge in [-0.15, -0.1) is 11.3 Å². The maximum atomic E-state index is 5.65. The molecule has 1 saturated heterocycles. The van der Waals surface area contributed by atoms with Gasteiger partial charge in [0.15, 0.2) is 0 Å². The van der Waals surface area contributed by atoms with E-state index in [4.69, 9.17) is 9.72 Å². The van der Waals surface area contributed by atoms with Crippen LogP contribution in [0.4, 0.5) is 0 Å². The van der Waals surface area contributed by atoms with Crippen LogP contribution in [0.15, 0.2) is 35.7 Å². The van der Waals surface area contributed by atoms with Crippen LogP contribution in [0.1, 0.15) is 19.5 Å². The van der Waals surface area contributed by atoms with Crippen molar-refractivity contribution in [3.63, 3.8) is 0 Å². The van der Waals surface area contributed by atoms with Crippen molar-refractivity contribution in [2.75, 3.05) is 39.3 Å². The van der Waals surface area contributed by atoms with Gasteiger partial charge in [-0.25, -0.2) is 4.98 Å². The lowest BCUT2D eigenvalue weighted by Gasteiger charge is -2.34. The topological polar surface area (TPSA) is 28.6 Å². The molecule has 0 unspecified atom stereocenters. The summed E-state index contributed by atoms with van der Waals surface area (Å²) in [5.74, 6) is 0. The van der Waals surface area contributed by atoms with Gasteiger partial charge in [-0.05, 0) is 13.8 Å². The fraction of sp³-hybridized carbons (Fsp3) is 0.526. The van der Waals surface area contributed by atoms with Gasteiger partial charge in [0.25, 0.3) is 0 Å². The summed E-state index contributed by atoms with van der Waals surface area (Å²) < 4.78 is 5.65. The molecule has 130 valence electrons. The molecule has 1 aliphatic heterocycles. The first-order chi connectivity index (χ1) is 11.7. The largest absolute Gasteiger partial charge is 0.377 e. The summed E-state index contributed by atoms with van der Waals surface area (Å²) in [6.45, 7) is 11.5. The molecule has 0 spiro atoms. The Balaban J connectivity index is 1.44. The summed E-state index contributed by atoms with van der Waals surface area (Å²) in [7, 11) is 0. The van der Waals surface area contributed by atoms with Gasteiger partial charge in [-0.2, -0.15) is 0 Å². The molecule has 3 rings (SSSR count). The van der Waals surface area contributed by atoms with Crippen LogP contribution in [-0.2, 0) is 11.3 Å². The summed E-state index contributed by atoms with van der Waals surface area (Å²) in [6, 6.07) is 10.4. The first-order valence-corrected chi connectivity index (χ1v) is 9.65. The number of nitrogens with zero attached hydrogens (tertiary/aromatic N) is 3. The van der Waals surface area contributed by atoms with Gasteiger partial charge in [-0.1, -0.05) is 30.3 Å². The van der Waals surface area contributed by atoms with Crippen LogP contribution in [0.25, 0.3) is 10.6 Å². The summed E-state index contributed by atoms with van der Waals surface area (Å²) in [5.41, 5.74) is 2.40. The molecule has 1 aromatic carbocycles. The molecule has 1 aromatic heterocycles. The van der Waals surface area contributed by atoms with Crippen LogP contribution >= 0.6 is 11.3 Å². The van der Waals surface area contributed by atoms with E-state index in [0.29, 0.717) is 6.10 Å². The van der Waals surface area contributed by atoms with E-state index in [9.17, 15) is 0 Å². The summed E-state index contributed by atoms with van der Waals surface area (Å²) in [6.07, 6.45) is 0.328. The fourth-order valence-corrected chi connectivity index (χ4v) is 3.73. The van der Waals surface area contributed by atoms with E-state index < -0.39 is 0 Å². The van der Waals surface area contributed by atoms with Gasteiger partial charge in [-0.3, -0.25) is 9.80 Å². The zero-order valence-corrected chi connectivity index (χ0v) is 15.5. The fourth-order valence-electron chi connectivity index (χ4n) is 2.91. The van der Waals surface area contributed by atoms with E-state index in [1.165, 1.54) is 11.3 Å². The van der Waals surface area contributed by atoms with E-state index >= 15 is 0 Å². The highest BCUT2D eigenvalue weighted by Crippen LogP contribution is 2.24. The summed E-state index contributed by atoms with van der Waals surface area (Å²) in [5, 5.41) is 3.32. The van der Waals surface area contributed by atoms with Crippen LogP contribution in [0.5, 0.6) is 0 Å². The van der Waals surface area contributed by atoms with Gasteiger partial charge < -0.3 is 4.74 Å². The van der Waals surface area contributed by atoms with Crippen molar-refractivity contribution >= 4 is 11.3 Å². The second-order valence-electron chi connectivity index (χ2n) is 6.55. The maximum absolute atomic E-state index is 5.65. The third kappa shape index (κ3) is 5.11. The van der Waals surface area contributed by atoms with Crippen LogP contribution in [0.2, 0.25) is 0 Å². The Morgan fingerprint density at radius 1 is 1.08 bits per heavy atom. The Hall–Kier alpha value is -1.27.